The zero-order chi connectivity index (χ0) is 16.3. The Kier molecular flexibility index (Phi) is 4.92. The molecule has 1 aromatic carbocycles. The summed E-state index contributed by atoms with van der Waals surface area (Å²) in [7, 11) is 0. The van der Waals surface area contributed by atoms with E-state index in [9.17, 15) is 14.9 Å². The van der Waals surface area contributed by atoms with Crippen LogP contribution in [0.3, 0.4) is 0 Å². The van der Waals surface area contributed by atoms with Gasteiger partial charge in [0.2, 0.25) is 5.76 Å². The summed E-state index contributed by atoms with van der Waals surface area (Å²) in [5, 5.41) is 15.3. The number of halogens is 1. The maximum absolute atomic E-state index is 11.5. The first kappa shape index (κ1) is 16.2. The lowest BCUT2D eigenvalue weighted by molar-refractivity contribution is -0.386. The van der Waals surface area contributed by atoms with E-state index in [4.69, 9.17) is 16.1 Å². The Morgan fingerprint density at radius 1 is 1.45 bits per heavy atom. The van der Waals surface area contributed by atoms with Gasteiger partial charge in [0, 0.05) is 17.9 Å². The molecule has 0 radical (unpaired) electrons. The second-order valence-corrected chi connectivity index (χ2v) is 5.53. The summed E-state index contributed by atoms with van der Waals surface area (Å²) in [6.45, 7) is 2.99. The first-order chi connectivity index (χ1) is 10.4. The topological polar surface area (TPSA) is 86.2 Å². The van der Waals surface area contributed by atoms with Gasteiger partial charge in [0.1, 0.15) is 5.78 Å². The van der Waals surface area contributed by atoms with Crippen LogP contribution in [0.5, 0.6) is 0 Å². The van der Waals surface area contributed by atoms with Crippen molar-refractivity contribution in [3.05, 3.63) is 56.4 Å². The molecule has 0 N–H and O–H groups in total. The Labute approximate surface area is 132 Å². The van der Waals surface area contributed by atoms with Crippen LogP contribution in [0.15, 0.2) is 28.8 Å². The van der Waals surface area contributed by atoms with Crippen molar-refractivity contribution in [2.75, 3.05) is 0 Å². The summed E-state index contributed by atoms with van der Waals surface area (Å²) < 4.78 is 5.08. The van der Waals surface area contributed by atoms with E-state index in [2.05, 4.69) is 5.16 Å². The van der Waals surface area contributed by atoms with Crippen LogP contribution in [0, 0.1) is 17.0 Å². The number of ketones is 1. The van der Waals surface area contributed by atoms with Crippen molar-refractivity contribution < 1.29 is 14.2 Å². The fraction of sp³-hybridized carbons (Fsp3) is 0.333. The molecular weight excluding hydrogens is 308 g/mol. The molecule has 0 saturated carbocycles. The number of hydrogen-bond donors (Lipinski definition) is 0. The molecular formula is C15H15ClN2O4. The van der Waals surface area contributed by atoms with Gasteiger partial charge in [0.05, 0.1) is 4.92 Å². The lowest BCUT2D eigenvalue weighted by atomic mass is 9.89. The number of rotatable bonds is 6. The highest BCUT2D eigenvalue weighted by Crippen LogP contribution is 2.33. The first-order valence-electron chi connectivity index (χ1n) is 6.73. The molecule has 1 aromatic heterocycles. The zero-order valence-electron chi connectivity index (χ0n) is 12.2. The fourth-order valence-corrected chi connectivity index (χ4v) is 2.74. The minimum atomic E-state index is -0.515. The molecule has 0 spiro atoms. The average molecular weight is 323 g/mol. The average Bonchev–Trinajstić information content (AvgIpc) is 2.79. The highest BCUT2D eigenvalue weighted by atomic mass is 35.5. The van der Waals surface area contributed by atoms with E-state index in [1.54, 1.807) is 12.1 Å². The van der Waals surface area contributed by atoms with Crippen molar-refractivity contribution in [3.63, 3.8) is 0 Å². The van der Waals surface area contributed by atoms with Crippen LogP contribution in [0.25, 0.3) is 0 Å². The molecule has 0 bridgehead atoms. The van der Waals surface area contributed by atoms with Crippen LogP contribution in [-0.4, -0.2) is 15.9 Å². The predicted molar refractivity (Wildman–Crippen MR) is 81.1 cm³/mol. The molecule has 0 saturated heterocycles. The normalized spacial score (nSPS) is 12.1. The third-order valence-corrected chi connectivity index (χ3v) is 3.74. The minimum absolute atomic E-state index is 0.0242. The van der Waals surface area contributed by atoms with Crippen LogP contribution >= 0.6 is 11.6 Å². The van der Waals surface area contributed by atoms with Crippen molar-refractivity contribution >= 4 is 23.1 Å². The molecule has 1 heterocycles. The van der Waals surface area contributed by atoms with Crippen LogP contribution in [0.1, 0.15) is 36.3 Å². The second kappa shape index (κ2) is 6.70. The van der Waals surface area contributed by atoms with E-state index in [0.717, 1.165) is 5.56 Å². The Balaban J connectivity index is 2.38. The van der Waals surface area contributed by atoms with Gasteiger partial charge in [0.15, 0.2) is 5.69 Å². The van der Waals surface area contributed by atoms with Gasteiger partial charge in [-0.2, -0.15) is 0 Å². The number of nitrogens with zero attached hydrogens (tertiary/aromatic N) is 2. The zero-order valence-corrected chi connectivity index (χ0v) is 13.0. The van der Waals surface area contributed by atoms with Crippen molar-refractivity contribution in [2.45, 2.75) is 32.6 Å². The van der Waals surface area contributed by atoms with Crippen LogP contribution < -0.4 is 0 Å². The van der Waals surface area contributed by atoms with Crippen molar-refractivity contribution in [2.24, 2.45) is 0 Å². The lowest BCUT2D eigenvalue weighted by Gasteiger charge is -2.15. The van der Waals surface area contributed by atoms with Crippen LogP contribution in [-0.2, 0) is 11.2 Å². The molecule has 0 aliphatic carbocycles. The molecule has 7 heteroatoms. The van der Waals surface area contributed by atoms with E-state index in [1.165, 1.54) is 13.8 Å². The van der Waals surface area contributed by atoms with E-state index in [-0.39, 0.29) is 41.7 Å². The molecule has 0 aliphatic heterocycles. The Morgan fingerprint density at radius 2 is 2.14 bits per heavy atom. The van der Waals surface area contributed by atoms with Gasteiger partial charge >= 0.3 is 5.69 Å². The number of benzene rings is 1. The van der Waals surface area contributed by atoms with Crippen LogP contribution in [0.4, 0.5) is 5.69 Å². The van der Waals surface area contributed by atoms with E-state index >= 15 is 0 Å². The Morgan fingerprint density at radius 3 is 2.73 bits per heavy atom. The second-order valence-electron chi connectivity index (χ2n) is 5.13. The quantitative estimate of drug-likeness (QED) is 0.595. The van der Waals surface area contributed by atoms with E-state index < -0.39 is 4.92 Å². The highest BCUT2D eigenvalue weighted by Gasteiger charge is 2.28. The third kappa shape index (κ3) is 3.51. The number of aromatic nitrogens is 1. The predicted octanol–water partition coefficient (Wildman–Crippen LogP) is 3.85. The van der Waals surface area contributed by atoms with Crippen molar-refractivity contribution in [3.8, 4) is 0 Å². The molecule has 1 atom stereocenters. The molecule has 22 heavy (non-hydrogen) atoms. The minimum Gasteiger partial charge on any atom is -0.354 e. The Bertz CT molecular complexity index is 711. The standard InChI is InChI=1S/C15H15ClN2O4/c1-9(19)7-11(12-5-3-4-6-13(12)16)8-14-15(18(20)21)10(2)17-22-14/h3-6,11H,7-8H2,1-2H3. The first-order valence-corrected chi connectivity index (χ1v) is 7.11. The fourth-order valence-electron chi connectivity index (χ4n) is 2.45. The van der Waals surface area contributed by atoms with Crippen molar-refractivity contribution in [1.82, 2.24) is 5.16 Å². The summed E-state index contributed by atoms with van der Waals surface area (Å²) in [6.07, 6.45) is 0.418. The number of aryl methyl sites for hydroxylation is 1. The van der Waals surface area contributed by atoms with Gasteiger partial charge in [-0.15, -0.1) is 0 Å². The number of hydrogen-bond acceptors (Lipinski definition) is 5. The SMILES string of the molecule is CC(=O)CC(Cc1onc(C)c1[N+](=O)[O-])c1ccccc1Cl. The molecule has 0 aliphatic rings. The third-order valence-electron chi connectivity index (χ3n) is 3.39. The maximum atomic E-state index is 11.5. The van der Waals surface area contributed by atoms with Gasteiger partial charge in [0.25, 0.3) is 0 Å². The molecule has 2 rings (SSSR count). The largest absolute Gasteiger partial charge is 0.354 e. The van der Waals surface area contributed by atoms with E-state index in [1.807, 2.05) is 12.1 Å². The molecule has 0 amide bonds. The number of Topliss-reactive ketones (excluding diaryl/α,β-unsaturated/α-hetero) is 1. The summed E-state index contributed by atoms with van der Waals surface area (Å²) in [5.74, 6) is -0.158. The molecule has 2 aromatic rings. The van der Waals surface area contributed by atoms with Gasteiger partial charge in [-0.1, -0.05) is 35.0 Å². The molecule has 0 fully saturated rings. The molecule has 6 nitrogen and oxygen atoms in total. The molecule has 116 valence electrons. The van der Waals surface area contributed by atoms with Gasteiger partial charge < -0.3 is 9.32 Å². The smallest absolute Gasteiger partial charge is 0.334 e. The van der Waals surface area contributed by atoms with E-state index in [0.29, 0.717) is 5.02 Å². The van der Waals surface area contributed by atoms with Gasteiger partial charge in [-0.3, -0.25) is 10.1 Å². The summed E-state index contributed by atoms with van der Waals surface area (Å²) in [6, 6.07) is 7.14. The van der Waals surface area contributed by atoms with Gasteiger partial charge in [-0.25, -0.2) is 0 Å². The monoisotopic (exact) mass is 322 g/mol. The van der Waals surface area contributed by atoms with Gasteiger partial charge in [-0.05, 0) is 31.4 Å². The Hall–Kier alpha value is -2.21. The summed E-state index contributed by atoms with van der Waals surface area (Å²) in [5.41, 5.74) is 0.851. The van der Waals surface area contributed by atoms with Crippen LogP contribution in [0.2, 0.25) is 5.02 Å². The molecule has 1 unspecified atom stereocenters. The maximum Gasteiger partial charge on any atom is 0.334 e. The number of carbonyl (C=O) groups excluding carboxylic acids is 1. The highest BCUT2D eigenvalue weighted by molar-refractivity contribution is 6.31. The number of nitro groups is 1. The number of carbonyl (C=O) groups is 1. The lowest BCUT2D eigenvalue weighted by Crippen LogP contribution is -2.09. The summed E-state index contributed by atoms with van der Waals surface area (Å²) in [4.78, 5) is 22.1. The van der Waals surface area contributed by atoms with Crippen molar-refractivity contribution in [1.29, 1.82) is 0 Å². The summed E-state index contributed by atoms with van der Waals surface area (Å²) >= 11 is 6.18.